The maximum atomic E-state index is 12.0. The lowest BCUT2D eigenvalue weighted by Crippen LogP contribution is -2.60. The van der Waals surface area contributed by atoms with Gasteiger partial charge in [-0.1, -0.05) is 0 Å². The van der Waals surface area contributed by atoms with E-state index in [4.69, 9.17) is 4.74 Å². The fourth-order valence-corrected chi connectivity index (χ4v) is 3.00. The number of piperazine rings is 1. The third-order valence-electron chi connectivity index (χ3n) is 4.13. The first-order valence-corrected chi connectivity index (χ1v) is 6.88. The molecule has 18 heavy (non-hydrogen) atoms. The molecule has 1 saturated carbocycles. The van der Waals surface area contributed by atoms with E-state index in [9.17, 15) is 9.59 Å². The summed E-state index contributed by atoms with van der Waals surface area (Å²) in [5.41, 5.74) is 0. The molecule has 1 N–H and O–H groups in total. The highest BCUT2D eigenvalue weighted by molar-refractivity contribution is 5.95. The molecule has 0 bridgehead atoms. The summed E-state index contributed by atoms with van der Waals surface area (Å²) >= 11 is 0. The normalized spacial score (nSPS) is 36.9. The molecule has 2 amide bonds. The summed E-state index contributed by atoms with van der Waals surface area (Å²) < 4.78 is 5.77. The summed E-state index contributed by atoms with van der Waals surface area (Å²) in [5, 5.41) is 2.70. The fourth-order valence-electron chi connectivity index (χ4n) is 3.00. The molecule has 2 heterocycles. The second-order valence-corrected chi connectivity index (χ2v) is 5.69. The molecular formula is C13H20N2O3. The number of carbonyl (C=O) groups excluding carboxylic acids is 2. The topological polar surface area (TPSA) is 58.6 Å². The number of hydrogen-bond acceptors (Lipinski definition) is 3. The lowest BCUT2D eigenvalue weighted by molar-refractivity contribution is -0.148. The number of amides is 2. The fraction of sp³-hybridized carbons (Fsp3) is 0.846. The van der Waals surface area contributed by atoms with Gasteiger partial charge in [-0.3, -0.25) is 9.59 Å². The summed E-state index contributed by atoms with van der Waals surface area (Å²) in [6, 6.07) is -0.245. The van der Waals surface area contributed by atoms with Gasteiger partial charge in [-0.15, -0.1) is 0 Å². The molecule has 2 aliphatic heterocycles. The zero-order chi connectivity index (χ0) is 12.7. The zero-order valence-electron chi connectivity index (χ0n) is 10.7. The molecule has 3 atom stereocenters. The van der Waals surface area contributed by atoms with E-state index in [0.29, 0.717) is 12.5 Å². The van der Waals surface area contributed by atoms with Crippen LogP contribution in [0.25, 0.3) is 0 Å². The quantitative estimate of drug-likeness (QED) is 0.785. The predicted molar refractivity (Wildman–Crippen MR) is 64.8 cm³/mol. The van der Waals surface area contributed by atoms with Crippen molar-refractivity contribution in [2.75, 3.05) is 13.1 Å². The van der Waals surface area contributed by atoms with E-state index in [1.54, 1.807) is 4.90 Å². The van der Waals surface area contributed by atoms with Crippen LogP contribution in [0.3, 0.4) is 0 Å². The third-order valence-corrected chi connectivity index (χ3v) is 4.13. The Morgan fingerprint density at radius 3 is 2.67 bits per heavy atom. The molecule has 0 aromatic heterocycles. The Kier molecular flexibility index (Phi) is 3.01. The second kappa shape index (κ2) is 4.53. The maximum absolute atomic E-state index is 12.0. The van der Waals surface area contributed by atoms with Gasteiger partial charge in [0.1, 0.15) is 6.04 Å². The highest BCUT2D eigenvalue weighted by Gasteiger charge is 2.45. The molecule has 3 unspecified atom stereocenters. The highest BCUT2D eigenvalue weighted by atomic mass is 16.5. The molecule has 0 aromatic carbocycles. The Balaban J connectivity index is 1.69. The molecule has 3 rings (SSSR count). The lowest BCUT2D eigenvalue weighted by Gasteiger charge is -2.36. The van der Waals surface area contributed by atoms with Crippen LogP contribution in [-0.4, -0.2) is 48.1 Å². The van der Waals surface area contributed by atoms with Crippen LogP contribution in [0, 0.1) is 5.92 Å². The summed E-state index contributed by atoms with van der Waals surface area (Å²) in [6.07, 6.45) is 4.55. The van der Waals surface area contributed by atoms with Crippen LogP contribution in [0.5, 0.6) is 0 Å². The van der Waals surface area contributed by atoms with Crippen molar-refractivity contribution in [3.05, 3.63) is 0 Å². The Labute approximate surface area is 107 Å². The van der Waals surface area contributed by atoms with Gasteiger partial charge in [-0.05, 0) is 38.5 Å². The minimum atomic E-state index is -0.245. The standard InChI is InChI=1S/C13H20N2O3/c1-8-2-5-10(18-8)7-15-11(16)6-14-13(17)12(15)9-3-4-9/h8-10,12H,2-7H2,1H3,(H,14,17). The van der Waals surface area contributed by atoms with Gasteiger partial charge in [0.25, 0.3) is 0 Å². The summed E-state index contributed by atoms with van der Waals surface area (Å²) in [7, 11) is 0. The van der Waals surface area contributed by atoms with Crippen molar-refractivity contribution in [2.45, 2.75) is 50.9 Å². The lowest BCUT2D eigenvalue weighted by atomic mass is 10.1. The van der Waals surface area contributed by atoms with Crippen LogP contribution in [-0.2, 0) is 14.3 Å². The SMILES string of the molecule is CC1CCC(CN2C(=O)CNC(=O)C2C2CC2)O1. The average Bonchev–Trinajstić information content (AvgIpc) is 3.08. The van der Waals surface area contributed by atoms with Crippen molar-refractivity contribution in [3.8, 4) is 0 Å². The van der Waals surface area contributed by atoms with Crippen molar-refractivity contribution in [2.24, 2.45) is 5.92 Å². The van der Waals surface area contributed by atoms with Crippen molar-refractivity contribution in [1.82, 2.24) is 10.2 Å². The van der Waals surface area contributed by atoms with E-state index in [-0.39, 0.29) is 36.6 Å². The van der Waals surface area contributed by atoms with Gasteiger partial charge < -0.3 is 15.0 Å². The number of ether oxygens (including phenoxy) is 1. The molecule has 3 aliphatic rings. The number of carbonyl (C=O) groups is 2. The highest BCUT2D eigenvalue weighted by Crippen LogP contribution is 2.37. The smallest absolute Gasteiger partial charge is 0.243 e. The monoisotopic (exact) mass is 252 g/mol. The number of nitrogens with one attached hydrogen (secondary N) is 1. The first-order valence-electron chi connectivity index (χ1n) is 6.88. The van der Waals surface area contributed by atoms with Crippen LogP contribution in [0.2, 0.25) is 0 Å². The van der Waals surface area contributed by atoms with Gasteiger partial charge in [0.15, 0.2) is 0 Å². The third kappa shape index (κ3) is 2.23. The van der Waals surface area contributed by atoms with Crippen LogP contribution in [0.4, 0.5) is 0 Å². The van der Waals surface area contributed by atoms with E-state index >= 15 is 0 Å². The molecular weight excluding hydrogens is 232 g/mol. The van der Waals surface area contributed by atoms with Gasteiger partial charge in [0.2, 0.25) is 11.8 Å². The largest absolute Gasteiger partial charge is 0.373 e. The van der Waals surface area contributed by atoms with E-state index in [1.807, 2.05) is 0 Å². The predicted octanol–water partition coefficient (Wildman–Crippen LogP) is 0.291. The van der Waals surface area contributed by atoms with Crippen molar-refractivity contribution >= 4 is 11.8 Å². The minimum Gasteiger partial charge on any atom is -0.373 e. The number of hydrogen-bond donors (Lipinski definition) is 1. The zero-order valence-corrected chi connectivity index (χ0v) is 10.7. The first kappa shape index (κ1) is 12.0. The number of nitrogens with zero attached hydrogens (tertiary/aromatic N) is 1. The Bertz CT molecular complexity index is 367. The molecule has 5 nitrogen and oxygen atoms in total. The molecule has 2 saturated heterocycles. The van der Waals surface area contributed by atoms with Crippen LogP contribution in [0.1, 0.15) is 32.6 Å². The van der Waals surface area contributed by atoms with Gasteiger partial charge >= 0.3 is 0 Å². The van der Waals surface area contributed by atoms with Gasteiger partial charge in [-0.25, -0.2) is 0 Å². The molecule has 1 aliphatic carbocycles. The first-order chi connectivity index (χ1) is 8.65. The van der Waals surface area contributed by atoms with E-state index < -0.39 is 0 Å². The molecule has 5 heteroatoms. The van der Waals surface area contributed by atoms with Crippen molar-refractivity contribution in [1.29, 1.82) is 0 Å². The molecule has 0 radical (unpaired) electrons. The Morgan fingerprint density at radius 1 is 1.28 bits per heavy atom. The van der Waals surface area contributed by atoms with Gasteiger partial charge in [0, 0.05) is 6.54 Å². The molecule has 0 spiro atoms. The van der Waals surface area contributed by atoms with E-state index in [1.165, 1.54) is 0 Å². The van der Waals surface area contributed by atoms with Gasteiger partial charge in [-0.2, -0.15) is 0 Å². The van der Waals surface area contributed by atoms with Crippen molar-refractivity contribution < 1.29 is 14.3 Å². The minimum absolute atomic E-state index is 0.0168. The molecule has 0 aromatic rings. The summed E-state index contributed by atoms with van der Waals surface area (Å²) in [5.74, 6) is 0.422. The van der Waals surface area contributed by atoms with Crippen LogP contribution in [0.15, 0.2) is 0 Å². The van der Waals surface area contributed by atoms with E-state index in [0.717, 1.165) is 25.7 Å². The Morgan fingerprint density at radius 2 is 2.06 bits per heavy atom. The van der Waals surface area contributed by atoms with E-state index in [2.05, 4.69) is 12.2 Å². The average molecular weight is 252 g/mol. The van der Waals surface area contributed by atoms with Gasteiger partial charge in [0.05, 0.1) is 18.8 Å². The second-order valence-electron chi connectivity index (χ2n) is 5.69. The maximum Gasteiger partial charge on any atom is 0.243 e. The molecule has 3 fully saturated rings. The molecule has 100 valence electrons. The summed E-state index contributed by atoms with van der Waals surface area (Å²) in [4.78, 5) is 25.7. The summed E-state index contributed by atoms with van der Waals surface area (Å²) in [6.45, 7) is 2.78. The van der Waals surface area contributed by atoms with Crippen LogP contribution >= 0.6 is 0 Å². The Hall–Kier alpha value is -1.10. The van der Waals surface area contributed by atoms with Crippen LogP contribution < -0.4 is 5.32 Å². The number of rotatable bonds is 3. The van der Waals surface area contributed by atoms with Crippen molar-refractivity contribution in [3.63, 3.8) is 0 Å².